The predicted molar refractivity (Wildman–Crippen MR) is 153 cm³/mol. The van der Waals surface area contributed by atoms with E-state index in [-0.39, 0.29) is 6.04 Å². The normalized spacial score (nSPS) is 17.2. The number of H-pyrrole nitrogens is 1. The number of nitrogens with one attached hydrogen (secondary N) is 4. The second-order valence-corrected chi connectivity index (χ2v) is 10.5. The van der Waals surface area contributed by atoms with Gasteiger partial charge in [-0.25, -0.2) is 8.78 Å². The molecule has 4 aromatic rings. The smallest absolute Gasteiger partial charge is 0.157 e. The number of hydrogen-bond donors (Lipinski definition) is 5. The van der Waals surface area contributed by atoms with Gasteiger partial charge in [0.15, 0.2) is 12.0 Å². The van der Waals surface area contributed by atoms with Crippen LogP contribution in [0.3, 0.4) is 0 Å². The quantitative estimate of drug-likeness (QED) is 0.206. The van der Waals surface area contributed by atoms with Gasteiger partial charge in [-0.2, -0.15) is 5.10 Å². The van der Waals surface area contributed by atoms with Crippen LogP contribution in [-0.4, -0.2) is 60.7 Å². The lowest BCUT2D eigenvalue weighted by Crippen LogP contribution is -2.43. The van der Waals surface area contributed by atoms with E-state index < -0.39 is 17.9 Å². The van der Waals surface area contributed by atoms with Crippen molar-refractivity contribution in [3.63, 3.8) is 0 Å². The first-order valence-corrected chi connectivity index (χ1v) is 13.8. The van der Waals surface area contributed by atoms with Gasteiger partial charge in [0, 0.05) is 73.8 Å². The zero-order valence-corrected chi connectivity index (χ0v) is 22.2. The molecule has 0 aliphatic carbocycles. The van der Waals surface area contributed by atoms with Gasteiger partial charge in [0.25, 0.3) is 0 Å². The number of benzene rings is 3. The van der Waals surface area contributed by atoms with Gasteiger partial charge in [-0.3, -0.25) is 5.10 Å². The standard InChI is InChI=1S/C30H34F2N6O2/c31-21-14-20(15-22(32)17-21)13-19-1-4-27-26(16-19)29(37-36-27)35-30(39)25-3-2-24(38-9-7-33-8-10-38)18-28(25)34-23-5-11-40-12-6-23/h1-4,14-18,23,30,33-34,39H,5-13H2,(H2,35,36,37). The molecule has 210 valence electrons. The van der Waals surface area contributed by atoms with Crippen LogP contribution in [0, 0.1) is 11.6 Å². The molecule has 0 saturated carbocycles. The molecular formula is C30H34F2N6O2. The average Bonchev–Trinajstić information content (AvgIpc) is 3.35. The minimum Gasteiger partial charge on any atom is -0.382 e. The van der Waals surface area contributed by atoms with Crippen LogP contribution >= 0.6 is 0 Å². The number of aromatic nitrogens is 2. The topological polar surface area (TPSA) is 97.5 Å². The maximum Gasteiger partial charge on any atom is 0.157 e. The van der Waals surface area contributed by atoms with E-state index in [4.69, 9.17) is 4.74 Å². The highest BCUT2D eigenvalue weighted by atomic mass is 19.1. The molecular weight excluding hydrogens is 514 g/mol. The first-order chi connectivity index (χ1) is 19.5. The van der Waals surface area contributed by atoms with Crippen molar-refractivity contribution in [1.29, 1.82) is 0 Å². The maximum atomic E-state index is 13.7. The second-order valence-electron chi connectivity index (χ2n) is 10.5. The number of piperazine rings is 1. The van der Waals surface area contributed by atoms with Gasteiger partial charge in [0.05, 0.1) is 5.52 Å². The van der Waals surface area contributed by atoms with E-state index in [2.05, 4.69) is 43.2 Å². The molecule has 2 fully saturated rings. The molecule has 6 rings (SSSR count). The summed E-state index contributed by atoms with van der Waals surface area (Å²) < 4.78 is 32.9. The predicted octanol–water partition coefficient (Wildman–Crippen LogP) is 4.54. The molecule has 0 radical (unpaired) electrons. The summed E-state index contributed by atoms with van der Waals surface area (Å²) in [6.45, 7) is 5.18. The fourth-order valence-electron chi connectivity index (χ4n) is 5.53. The van der Waals surface area contributed by atoms with Gasteiger partial charge in [0.1, 0.15) is 11.6 Å². The molecule has 3 aromatic carbocycles. The molecule has 3 heterocycles. The third-order valence-electron chi connectivity index (χ3n) is 7.63. The van der Waals surface area contributed by atoms with Crippen molar-refractivity contribution in [3.05, 3.63) is 82.9 Å². The second kappa shape index (κ2) is 11.8. The summed E-state index contributed by atoms with van der Waals surface area (Å²) in [5.74, 6) is -0.700. The van der Waals surface area contributed by atoms with E-state index in [9.17, 15) is 13.9 Å². The van der Waals surface area contributed by atoms with E-state index in [0.29, 0.717) is 17.8 Å². The zero-order chi connectivity index (χ0) is 27.5. The first kappa shape index (κ1) is 26.5. The van der Waals surface area contributed by atoms with Crippen LogP contribution in [0.4, 0.5) is 26.0 Å². The van der Waals surface area contributed by atoms with Crippen LogP contribution in [-0.2, 0) is 11.2 Å². The molecule has 2 aliphatic heterocycles. The zero-order valence-electron chi connectivity index (χ0n) is 22.2. The lowest BCUT2D eigenvalue weighted by Gasteiger charge is -2.31. The van der Waals surface area contributed by atoms with Gasteiger partial charge in [-0.15, -0.1) is 0 Å². The number of nitrogens with zero attached hydrogens (tertiary/aromatic N) is 2. The van der Waals surface area contributed by atoms with Crippen LogP contribution < -0.4 is 20.9 Å². The van der Waals surface area contributed by atoms with E-state index >= 15 is 0 Å². The molecule has 1 atom stereocenters. The number of fused-ring (bicyclic) bond motifs is 1. The fourth-order valence-corrected chi connectivity index (χ4v) is 5.53. The molecule has 5 N–H and O–H groups in total. The van der Waals surface area contributed by atoms with Crippen molar-refractivity contribution in [1.82, 2.24) is 15.5 Å². The number of rotatable bonds is 8. The number of ether oxygens (including phenoxy) is 1. The molecule has 10 heteroatoms. The molecule has 1 aromatic heterocycles. The number of aromatic amines is 1. The first-order valence-electron chi connectivity index (χ1n) is 13.8. The van der Waals surface area contributed by atoms with Crippen LogP contribution in [0.5, 0.6) is 0 Å². The molecule has 1 unspecified atom stereocenters. The lowest BCUT2D eigenvalue weighted by molar-refractivity contribution is 0.0904. The number of anilines is 3. The molecule has 8 nitrogen and oxygen atoms in total. The number of hydrogen-bond acceptors (Lipinski definition) is 7. The van der Waals surface area contributed by atoms with Gasteiger partial charge >= 0.3 is 0 Å². The van der Waals surface area contributed by atoms with Gasteiger partial charge in [-0.05, 0) is 66.8 Å². The molecule has 0 amide bonds. The summed E-state index contributed by atoms with van der Waals surface area (Å²) in [5.41, 5.74) is 4.95. The summed E-state index contributed by atoms with van der Waals surface area (Å²) in [7, 11) is 0. The monoisotopic (exact) mass is 548 g/mol. The van der Waals surface area contributed by atoms with Crippen molar-refractivity contribution < 1.29 is 18.6 Å². The molecule has 0 bridgehead atoms. The van der Waals surface area contributed by atoms with Crippen LogP contribution in [0.15, 0.2) is 54.6 Å². The maximum absolute atomic E-state index is 13.7. The Morgan fingerprint density at radius 1 is 0.975 bits per heavy atom. The Kier molecular flexibility index (Phi) is 7.81. The van der Waals surface area contributed by atoms with E-state index in [1.54, 1.807) is 0 Å². The Bertz CT molecular complexity index is 1450. The van der Waals surface area contributed by atoms with Gasteiger partial charge in [0.2, 0.25) is 0 Å². The molecule has 40 heavy (non-hydrogen) atoms. The van der Waals surface area contributed by atoms with Crippen LogP contribution in [0.25, 0.3) is 10.9 Å². The highest BCUT2D eigenvalue weighted by molar-refractivity contribution is 5.90. The van der Waals surface area contributed by atoms with Crippen molar-refractivity contribution >= 4 is 28.1 Å². The van der Waals surface area contributed by atoms with Crippen molar-refractivity contribution in [2.45, 2.75) is 31.5 Å². The number of halogens is 2. The Labute approximate surface area is 231 Å². The highest BCUT2D eigenvalue weighted by Gasteiger charge is 2.21. The highest BCUT2D eigenvalue weighted by Crippen LogP contribution is 2.32. The van der Waals surface area contributed by atoms with Gasteiger partial charge < -0.3 is 30.7 Å². The van der Waals surface area contributed by atoms with Crippen molar-refractivity contribution in [2.75, 3.05) is 54.9 Å². The summed E-state index contributed by atoms with van der Waals surface area (Å²) in [6, 6.07) is 15.7. The van der Waals surface area contributed by atoms with E-state index in [1.165, 1.54) is 12.1 Å². The van der Waals surface area contributed by atoms with Crippen LogP contribution in [0.1, 0.15) is 35.8 Å². The van der Waals surface area contributed by atoms with E-state index in [0.717, 1.165) is 91.7 Å². The van der Waals surface area contributed by atoms with E-state index in [1.807, 2.05) is 24.3 Å². The lowest BCUT2D eigenvalue weighted by atomic mass is 10.0. The summed E-state index contributed by atoms with van der Waals surface area (Å²) in [5, 5.41) is 29.8. The summed E-state index contributed by atoms with van der Waals surface area (Å²) >= 11 is 0. The Hall–Kier alpha value is -3.73. The van der Waals surface area contributed by atoms with Crippen molar-refractivity contribution in [2.24, 2.45) is 0 Å². The van der Waals surface area contributed by atoms with Crippen molar-refractivity contribution in [3.8, 4) is 0 Å². The minimum atomic E-state index is -1.02. The van der Waals surface area contributed by atoms with Gasteiger partial charge in [-0.1, -0.05) is 12.1 Å². The van der Waals surface area contributed by atoms with Crippen LogP contribution in [0.2, 0.25) is 0 Å². The third kappa shape index (κ3) is 6.04. The molecule has 2 saturated heterocycles. The Morgan fingerprint density at radius 3 is 2.52 bits per heavy atom. The molecule has 2 aliphatic rings. The third-order valence-corrected chi connectivity index (χ3v) is 7.63. The Balaban J connectivity index is 1.25. The largest absolute Gasteiger partial charge is 0.382 e. The average molecular weight is 549 g/mol. The summed E-state index contributed by atoms with van der Waals surface area (Å²) in [4.78, 5) is 2.35. The minimum absolute atomic E-state index is 0.263. The fraction of sp³-hybridized carbons (Fsp3) is 0.367. The SMILES string of the molecule is OC(Nc1n[nH]c2ccc(Cc3cc(F)cc(F)c3)cc12)c1ccc(N2CCNCC2)cc1NC1CCOCC1. The Morgan fingerprint density at radius 2 is 1.75 bits per heavy atom. The number of aliphatic hydroxyl groups excluding tert-OH is 1. The summed E-state index contributed by atoms with van der Waals surface area (Å²) in [6.07, 6.45) is 1.16. The molecule has 0 spiro atoms. The number of aliphatic hydroxyl groups is 1.